The molecule has 1 heterocycles. The second-order valence-corrected chi connectivity index (χ2v) is 3.53. The van der Waals surface area contributed by atoms with Crippen molar-refractivity contribution in [2.75, 3.05) is 0 Å². The van der Waals surface area contributed by atoms with Crippen molar-refractivity contribution in [3.8, 4) is 5.75 Å². The van der Waals surface area contributed by atoms with E-state index in [1.54, 1.807) is 0 Å². The van der Waals surface area contributed by atoms with Crippen LogP contribution in [0.25, 0.3) is 0 Å². The maximum Gasteiger partial charge on any atom is 0.227 e. The first kappa shape index (κ1) is 11.9. The molecule has 0 aliphatic heterocycles. The third kappa shape index (κ3) is 2.98. The average Bonchev–Trinajstić information content (AvgIpc) is 2.39. The second kappa shape index (κ2) is 5.67. The Morgan fingerprint density at radius 3 is 2.78 bits per heavy atom. The molecule has 1 N–H and O–H groups in total. The molecule has 0 atom stereocenters. The molecule has 0 radical (unpaired) electrons. The number of benzene rings is 1. The highest BCUT2D eigenvalue weighted by Gasteiger charge is 2.03. The van der Waals surface area contributed by atoms with E-state index < -0.39 is 0 Å². The summed E-state index contributed by atoms with van der Waals surface area (Å²) in [5.41, 5.74) is 0.630. The molecular formula is C13H11NO4. The molecule has 5 heteroatoms. The van der Waals surface area contributed by atoms with E-state index in [0.29, 0.717) is 6.61 Å². The highest BCUT2D eigenvalue weighted by atomic mass is 16.5. The summed E-state index contributed by atoms with van der Waals surface area (Å²) in [6.07, 6.45) is 2.23. The zero-order valence-electron chi connectivity index (χ0n) is 9.45. The normalized spacial score (nSPS) is 10.7. The molecule has 1 aromatic heterocycles. The van der Waals surface area contributed by atoms with Crippen LogP contribution >= 0.6 is 0 Å². The van der Waals surface area contributed by atoms with Gasteiger partial charge in [-0.05, 0) is 5.56 Å². The molecule has 0 saturated carbocycles. The van der Waals surface area contributed by atoms with Crippen molar-refractivity contribution in [1.29, 1.82) is 0 Å². The van der Waals surface area contributed by atoms with Crippen LogP contribution in [-0.2, 0) is 6.61 Å². The highest BCUT2D eigenvalue weighted by molar-refractivity contribution is 5.74. The van der Waals surface area contributed by atoms with Gasteiger partial charge in [0.1, 0.15) is 19.1 Å². The molecule has 92 valence electrons. The summed E-state index contributed by atoms with van der Waals surface area (Å²) in [6.45, 7) is 0.291. The van der Waals surface area contributed by atoms with Gasteiger partial charge in [0.25, 0.3) is 0 Å². The van der Waals surface area contributed by atoms with Crippen LogP contribution < -0.4 is 10.2 Å². The van der Waals surface area contributed by atoms with Gasteiger partial charge in [-0.25, -0.2) is 0 Å². The van der Waals surface area contributed by atoms with Crippen LogP contribution in [0.1, 0.15) is 11.3 Å². The molecule has 0 aliphatic rings. The number of ether oxygens (including phenoxy) is 1. The van der Waals surface area contributed by atoms with Crippen LogP contribution in [0.3, 0.4) is 0 Å². The first-order chi connectivity index (χ1) is 8.79. The third-order valence-electron chi connectivity index (χ3n) is 2.24. The fraction of sp³-hybridized carbons (Fsp3) is 0.0769. The molecule has 2 rings (SSSR count). The van der Waals surface area contributed by atoms with Crippen LogP contribution in [0.15, 0.2) is 57.0 Å². The van der Waals surface area contributed by atoms with Gasteiger partial charge in [-0.3, -0.25) is 4.79 Å². The fourth-order valence-corrected chi connectivity index (χ4v) is 1.38. The number of hydrogen-bond acceptors (Lipinski definition) is 5. The van der Waals surface area contributed by atoms with Crippen molar-refractivity contribution in [2.45, 2.75) is 6.61 Å². The number of oxime groups is 1. The van der Waals surface area contributed by atoms with Crippen LogP contribution in [0, 0.1) is 0 Å². The van der Waals surface area contributed by atoms with Crippen molar-refractivity contribution in [2.24, 2.45) is 5.16 Å². The molecule has 0 aliphatic carbocycles. The summed E-state index contributed by atoms with van der Waals surface area (Å²) in [4.78, 5) is 11.6. The van der Waals surface area contributed by atoms with E-state index in [9.17, 15) is 4.79 Å². The summed E-state index contributed by atoms with van der Waals surface area (Å²) < 4.78 is 10.4. The lowest BCUT2D eigenvalue weighted by atomic mass is 10.2. The summed E-state index contributed by atoms with van der Waals surface area (Å²) in [6, 6.07) is 10.7. The Bertz CT molecular complexity index is 589. The van der Waals surface area contributed by atoms with Crippen LogP contribution in [0.2, 0.25) is 0 Å². The molecule has 0 amide bonds. The molecule has 0 saturated heterocycles. The summed E-state index contributed by atoms with van der Waals surface area (Å²) >= 11 is 0. The summed E-state index contributed by atoms with van der Waals surface area (Å²) in [5, 5.41) is 11.1. The van der Waals surface area contributed by atoms with E-state index in [0.717, 1.165) is 11.8 Å². The minimum Gasteiger partial charge on any atom is -0.482 e. The zero-order chi connectivity index (χ0) is 12.8. The van der Waals surface area contributed by atoms with Gasteiger partial charge in [-0.1, -0.05) is 35.5 Å². The summed E-state index contributed by atoms with van der Waals surface area (Å²) in [7, 11) is 0. The quantitative estimate of drug-likeness (QED) is 0.508. The number of hydrogen-bond donors (Lipinski definition) is 1. The van der Waals surface area contributed by atoms with Gasteiger partial charge in [-0.2, -0.15) is 0 Å². The Morgan fingerprint density at radius 1 is 1.33 bits per heavy atom. The van der Waals surface area contributed by atoms with E-state index >= 15 is 0 Å². The Kier molecular flexibility index (Phi) is 3.76. The highest BCUT2D eigenvalue weighted by Crippen LogP contribution is 2.08. The molecule has 5 nitrogen and oxygen atoms in total. The molecular weight excluding hydrogens is 234 g/mol. The van der Waals surface area contributed by atoms with Gasteiger partial charge >= 0.3 is 0 Å². The largest absolute Gasteiger partial charge is 0.482 e. The zero-order valence-corrected chi connectivity index (χ0v) is 9.45. The van der Waals surface area contributed by atoms with Crippen molar-refractivity contribution >= 4 is 6.21 Å². The molecule has 1 aromatic carbocycles. The van der Waals surface area contributed by atoms with Crippen molar-refractivity contribution in [3.05, 3.63) is 64.2 Å². The standard InChI is InChI=1S/C13H11NO4/c15-12-6-11(7-14-16)17-9-13(12)18-8-10-4-2-1-3-5-10/h1-7,9,16H,8H2. The lowest BCUT2D eigenvalue weighted by Crippen LogP contribution is -2.07. The van der Waals surface area contributed by atoms with Crippen LogP contribution in [-0.4, -0.2) is 11.4 Å². The van der Waals surface area contributed by atoms with Crippen LogP contribution in [0.4, 0.5) is 0 Å². The summed E-state index contributed by atoms with van der Waals surface area (Å²) in [5.74, 6) is 0.281. The molecule has 18 heavy (non-hydrogen) atoms. The minimum absolute atomic E-state index is 0.119. The van der Waals surface area contributed by atoms with Crippen molar-refractivity contribution in [3.63, 3.8) is 0 Å². The van der Waals surface area contributed by atoms with Gasteiger partial charge in [0.15, 0.2) is 5.76 Å². The Balaban J connectivity index is 2.09. The Hall–Kier alpha value is -2.56. The number of rotatable bonds is 4. The van der Waals surface area contributed by atoms with Gasteiger partial charge in [-0.15, -0.1) is 0 Å². The molecule has 0 spiro atoms. The Morgan fingerprint density at radius 2 is 2.11 bits per heavy atom. The lowest BCUT2D eigenvalue weighted by Gasteiger charge is -2.04. The minimum atomic E-state index is -0.327. The third-order valence-corrected chi connectivity index (χ3v) is 2.24. The number of nitrogens with zero attached hydrogens (tertiary/aromatic N) is 1. The topological polar surface area (TPSA) is 72.0 Å². The van der Waals surface area contributed by atoms with Gasteiger partial charge in [0.05, 0.1) is 0 Å². The second-order valence-electron chi connectivity index (χ2n) is 3.53. The molecule has 0 fully saturated rings. The van der Waals surface area contributed by atoms with Gasteiger partial charge < -0.3 is 14.4 Å². The Labute approximate surface area is 103 Å². The predicted molar refractivity (Wildman–Crippen MR) is 65.1 cm³/mol. The van der Waals surface area contributed by atoms with E-state index in [4.69, 9.17) is 14.4 Å². The van der Waals surface area contributed by atoms with Gasteiger partial charge in [0, 0.05) is 6.07 Å². The first-order valence-corrected chi connectivity index (χ1v) is 5.26. The molecule has 2 aromatic rings. The van der Waals surface area contributed by atoms with Gasteiger partial charge in [0.2, 0.25) is 11.2 Å². The maximum absolute atomic E-state index is 11.6. The first-order valence-electron chi connectivity index (χ1n) is 5.26. The van der Waals surface area contributed by atoms with Crippen LogP contribution in [0.5, 0.6) is 5.75 Å². The van der Waals surface area contributed by atoms with E-state index in [1.807, 2.05) is 30.3 Å². The fourth-order valence-electron chi connectivity index (χ4n) is 1.38. The van der Waals surface area contributed by atoms with E-state index in [1.165, 1.54) is 12.3 Å². The molecule has 0 unspecified atom stereocenters. The van der Waals surface area contributed by atoms with Crippen molar-refractivity contribution in [1.82, 2.24) is 0 Å². The predicted octanol–water partition coefficient (Wildman–Crippen LogP) is 2.03. The van der Waals surface area contributed by atoms with E-state index in [2.05, 4.69) is 5.16 Å². The van der Waals surface area contributed by atoms with Crippen molar-refractivity contribution < 1.29 is 14.4 Å². The monoisotopic (exact) mass is 245 g/mol. The SMILES string of the molecule is O=c1cc(C=NO)occ1OCc1ccccc1. The maximum atomic E-state index is 11.6. The average molecular weight is 245 g/mol. The lowest BCUT2D eigenvalue weighted by molar-refractivity contribution is 0.291. The smallest absolute Gasteiger partial charge is 0.227 e. The molecule has 0 bridgehead atoms. The van der Waals surface area contributed by atoms with E-state index in [-0.39, 0.29) is 16.9 Å².